The van der Waals surface area contributed by atoms with E-state index in [1.54, 1.807) is 12.0 Å². The number of ether oxygens (including phenoxy) is 1. The summed E-state index contributed by atoms with van der Waals surface area (Å²) in [5.74, 6) is -0.489. The molecule has 24 heavy (non-hydrogen) atoms. The molecule has 1 aromatic heterocycles. The van der Waals surface area contributed by atoms with Gasteiger partial charge in [0.1, 0.15) is 0 Å². The zero-order valence-electron chi connectivity index (χ0n) is 14.0. The molecule has 1 N–H and O–H groups in total. The van der Waals surface area contributed by atoms with Crippen LogP contribution in [0.3, 0.4) is 0 Å². The van der Waals surface area contributed by atoms with Crippen molar-refractivity contribution in [2.75, 3.05) is 25.6 Å². The summed E-state index contributed by atoms with van der Waals surface area (Å²) in [5.41, 5.74) is 2.03. The van der Waals surface area contributed by atoms with Gasteiger partial charge in [0.15, 0.2) is 5.13 Å². The standard InChI is InChI=1S/C17H21N3O3S/c1-10-4-5-13-14(6-10)24-17(18-13)19-16(22)12-7-15(21)20(8-12)11(2)9-23-3/h4-6,11-12H,7-9H2,1-3H3,(H,18,19,22)/t11-,12-/m0/s1. The first kappa shape index (κ1) is 16.9. The van der Waals surface area contributed by atoms with Gasteiger partial charge < -0.3 is 15.0 Å². The van der Waals surface area contributed by atoms with Gasteiger partial charge in [0.2, 0.25) is 11.8 Å². The minimum absolute atomic E-state index is 0.000348. The predicted octanol–water partition coefficient (Wildman–Crippen LogP) is 2.43. The summed E-state index contributed by atoms with van der Waals surface area (Å²) >= 11 is 1.45. The number of methoxy groups -OCH3 is 1. The van der Waals surface area contributed by atoms with E-state index < -0.39 is 0 Å². The van der Waals surface area contributed by atoms with Crippen LogP contribution in [0.5, 0.6) is 0 Å². The SMILES string of the molecule is COC[C@H](C)N1C[C@@H](C(=O)Nc2nc3ccc(C)cc3s2)CC1=O. The number of anilines is 1. The number of amides is 2. The predicted molar refractivity (Wildman–Crippen MR) is 94.1 cm³/mol. The number of fused-ring (bicyclic) bond motifs is 1. The Bertz CT molecular complexity index is 774. The maximum Gasteiger partial charge on any atom is 0.231 e. The molecule has 1 fully saturated rings. The molecular formula is C17H21N3O3S. The highest BCUT2D eigenvalue weighted by Crippen LogP contribution is 2.28. The van der Waals surface area contributed by atoms with E-state index in [4.69, 9.17) is 4.74 Å². The van der Waals surface area contributed by atoms with Crippen LogP contribution in [0, 0.1) is 12.8 Å². The average molecular weight is 347 g/mol. The van der Waals surface area contributed by atoms with Gasteiger partial charge in [0.25, 0.3) is 0 Å². The maximum absolute atomic E-state index is 12.5. The van der Waals surface area contributed by atoms with Crippen LogP contribution in [-0.4, -0.2) is 48.0 Å². The lowest BCUT2D eigenvalue weighted by Crippen LogP contribution is -2.38. The van der Waals surface area contributed by atoms with Crippen molar-refractivity contribution in [1.82, 2.24) is 9.88 Å². The molecule has 1 aromatic carbocycles. The third kappa shape index (κ3) is 3.42. The molecule has 2 heterocycles. The molecule has 1 aliphatic rings. The summed E-state index contributed by atoms with van der Waals surface area (Å²) in [5, 5.41) is 3.44. The Balaban J connectivity index is 1.67. The number of nitrogens with zero attached hydrogens (tertiary/aromatic N) is 2. The number of aromatic nitrogens is 1. The monoisotopic (exact) mass is 347 g/mol. The van der Waals surface area contributed by atoms with E-state index >= 15 is 0 Å². The number of aryl methyl sites for hydroxylation is 1. The Labute approximate surface area is 144 Å². The number of rotatable bonds is 5. The van der Waals surface area contributed by atoms with Crippen LogP contribution in [0.25, 0.3) is 10.2 Å². The quantitative estimate of drug-likeness (QED) is 0.902. The van der Waals surface area contributed by atoms with Crippen LogP contribution < -0.4 is 5.32 Å². The highest BCUT2D eigenvalue weighted by Gasteiger charge is 2.36. The summed E-state index contributed by atoms with van der Waals surface area (Å²) in [7, 11) is 1.61. The normalized spacial score (nSPS) is 19.0. The van der Waals surface area contributed by atoms with Gasteiger partial charge in [-0.2, -0.15) is 0 Å². The average Bonchev–Trinajstić information content (AvgIpc) is 3.10. The highest BCUT2D eigenvalue weighted by molar-refractivity contribution is 7.22. The van der Waals surface area contributed by atoms with E-state index in [1.807, 2.05) is 26.0 Å². The first-order chi connectivity index (χ1) is 11.5. The Kier molecular flexibility index (Phi) is 4.82. The molecule has 3 rings (SSSR count). The van der Waals surface area contributed by atoms with Crippen molar-refractivity contribution < 1.29 is 14.3 Å². The van der Waals surface area contributed by atoms with Crippen molar-refractivity contribution >= 4 is 38.5 Å². The minimum atomic E-state index is -0.342. The van der Waals surface area contributed by atoms with Crippen molar-refractivity contribution in [3.63, 3.8) is 0 Å². The number of hydrogen-bond acceptors (Lipinski definition) is 5. The molecule has 6 nitrogen and oxygen atoms in total. The Morgan fingerprint density at radius 1 is 1.54 bits per heavy atom. The number of nitrogens with one attached hydrogen (secondary N) is 1. The number of thiazole rings is 1. The molecule has 0 spiro atoms. The fourth-order valence-corrected chi connectivity index (χ4v) is 3.92. The molecule has 0 aliphatic carbocycles. The van der Waals surface area contributed by atoms with E-state index in [1.165, 1.54) is 11.3 Å². The van der Waals surface area contributed by atoms with E-state index in [2.05, 4.69) is 16.4 Å². The summed E-state index contributed by atoms with van der Waals surface area (Å²) in [6.45, 7) is 4.85. The Morgan fingerprint density at radius 3 is 3.08 bits per heavy atom. The van der Waals surface area contributed by atoms with Gasteiger partial charge in [-0.3, -0.25) is 9.59 Å². The van der Waals surface area contributed by atoms with E-state index in [0.717, 1.165) is 15.8 Å². The molecular weight excluding hydrogens is 326 g/mol. The van der Waals surface area contributed by atoms with Crippen molar-refractivity contribution in [3.8, 4) is 0 Å². The molecule has 0 saturated carbocycles. The molecule has 2 atom stereocenters. The molecule has 2 amide bonds. The number of carbonyl (C=O) groups is 2. The van der Waals surface area contributed by atoms with Crippen LogP contribution in [0.15, 0.2) is 18.2 Å². The summed E-state index contributed by atoms with van der Waals surface area (Å²) < 4.78 is 6.14. The zero-order chi connectivity index (χ0) is 17.3. The van der Waals surface area contributed by atoms with Gasteiger partial charge in [0.05, 0.1) is 28.8 Å². The van der Waals surface area contributed by atoms with Gasteiger partial charge >= 0.3 is 0 Å². The number of carbonyl (C=O) groups excluding carboxylic acids is 2. The van der Waals surface area contributed by atoms with E-state index in [-0.39, 0.29) is 30.2 Å². The van der Waals surface area contributed by atoms with E-state index in [0.29, 0.717) is 18.3 Å². The summed E-state index contributed by atoms with van der Waals surface area (Å²) in [4.78, 5) is 30.7. The maximum atomic E-state index is 12.5. The molecule has 0 bridgehead atoms. The van der Waals surface area contributed by atoms with Crippen molar-refractivity contribution in [3.05, 3.63) is 23.8 Å². The molecule has 1 saturated heterocycles. The first-order valence-corrected chi connectivity index (χ1v) is 8.76. The smallest absolute Gasteiger partial charge is 0.231 e. The molecule has 128 valence electrons. The molecule has 0 radical (unpaired) electrons. The van der Waals surface area contributed by atoms with Gasteiger partial charge in [-0.1, -0.05) is 17.4 Å². The van der Waals surface area contributed by atoms with Crippen molar-refractivity contribution in [2.45, 2.75) is 26.3 Å². The first-order valence-electron chi connectivity index (χ1n) is 7.94. The second kappa shape index (κ2) is 6.86. The third-order valence-corrected chi connectivity index (χ3v) is 5.18. The Morgan fingerprint density at radius 2 is 2.33 bits per heavy atom. The topological polar surface area (TPSA) is 71.5 Å². The van der Waals surface area contributed by atoms with Crippen molar-refractivity contribution in [1.29, 1.82) is 0 Å². The highest BCUT2D eigenvalue weighted by atomic mass is 32.1. The fraction of sp³-hybridized carbons (Fsp3) is 0.471. The van der Waals surface area contributed by atoms with E-state index in [9.17, 15) is 9.59 Å². The molecule has 0 unspecified atom stereocenters. The van der Waals surface area contributed by atoms with Gasteiger partial charge in [0, 0.05) is 20.1 Å². The van der Waals surface area contributed by atoms with Crippen LogP contribution in [-0.2, 0) is 14.3 Å². The number of likely N-dealkylation sites (tertiary alicyclic amines) is 1. The lowest BCUT2D eigenvalue weighted by molar-refractivity contribution is -0.130. The lowest BCUT2D eigenvalue weighted by Gasteiger charge is -2.23. The molecule has 2 aromatic rings. The third-order valence-electron chi connectivity index (χ3n) is 4.24. The van der Waals surface area contributed by atoms with Gasteiger partial charge in [-0.25, -0.2) is 4.98 Å². The zero-order valence-corrected chi connectivity index (χ0v) is 14.9. The van der Waals surface area contributed by atoms with Crippen LogP contribution >= 0.6 is 11.3 Å². The van der Waals surface area contributed by atoms with Gasteiger partial charge in [-0.15, -0.1) is 0 Å². The fourth-order valence-electron chi connectivity index (χ4n) is 2.96. The second-order valence-corrected chi connectivity index (χ2v) is 7.26. The lowest BCUT2D eigenvalue weighted by atomic mass is 10.1. The number of benzene rings is 1. The summed E-state index contributed by atoms with van der Waals surface area (Å²) in [6.07, 6.45) is 0.240. The summed E-state index contributed by atoms with van der Waals surface area (Å²) in [6, 6.07) is 5.98. The minimum Gasteiger partial charge on any atom is -0.383 e. The van der Waals surface area contributed by atoms with Crippen LogP contribution in [0.4, 0.5) is 5.13 Å². The van der Waals surface area contributed by atoms with Crippen LogP contribution in [0.2, 0.25) is 0 Å². The largest absolute Gasteiger partial charge is 0.383 e. The molecule has 1 aliphatic heterocycles. The Hall–Kier alpha value is -1.99. The van der Waals surface area contributed by atoms with Crippen LogP contribution in [0.1, 0.15) is 18.9 Å². The van der Waals surface area contributed by atoms with Crippen molar-refractivity contribution in [2.24, 2.45) is 5.92 Å². The van der Waals surface area contributed by atoms with Gasteiger partial charge in [-0.05, 0) is 31.5 Å². The number of hydrogen-bond donors (Lipinski definition) is 1. The molecule has 7 heteroatoms. The second-order valence-electron chi connectivity index (χ2n) is 6.23.